The monoisotopic (exact) mass is 379 g/mol. The van der Waals surface area contributed by atoms with E-state index < -0.39 is 10.0 Å². The summed E-state index contributed by atoms with van der Waals surface area (Å²) in [6.07, 6.45) is 11.8. The first-order valence-electron chi connectivity index (χ1n) is 9.91. The van der Waals surface area contributed by atoms with Crippen molar-refractivity contribution in [2.45, 2.75) is 74.3 Å². The molecule has 4 rings (SSSR count). The van der Waals surface area contributed by atoms with Crippen molar-refractivity contribution in [3.05, 3.63) is 18.3 Å². The van der Waals surface area contributed by atoms with Gasteiger partial charge in [-0.05, 0) is 56.6 Å². The van der Waals surface area contributed by atoms with E-state index in [-0.39, 0.29) is 10.5 Å². The lowest BCUT2D eigenvalue weighted by Gasteiger charge is -2.43. The van der Waals surface area contributed by atoms with Crippen LogP contribution in [0.2, 0.25) is 0 Å². The summed E-state index contributed by atoms with van der Waals surface area (Å²) in [4.78, 5) is 4.58. The van der Waals surface area contributed by atoms with Gasteiger partial charge in [-0.2, -0.15) is 0 Å². The fourth-order valence-corrected chi connectivity index (χ4v) is 5.22. The van der Waals surface area contributed by atoms with Crippen LogP contribution in [0.25, 0.3) is 0 Å². The van der Waals surface area contributed by atoms with Crippen LogP contribution in [0.3, 0.4) is 0 Å². The molecule has 0 bridgehead atoms. The number of pyridine rings is 1. The van der Waals surface area contributed by atoms with Gasteiger partial charge in [-0.15, -0.1) is 0 Å². The molecular formula is C19H29N3O3S. The van der Waals surface area contributed by atoms with E-state index in [1.165, 1.54) is 25.5 Å². The second-order valence-corrected chi connectivity index (χ2v) is 9.87. The summed E-state index contributed by atoms with van der Waals surface area (Å²) in [5.74, 6) is 1.25. The van der Waals surface area contributed by atoms with E-state index >= 15 is 0 Å². The number of rotatable bonds is 6. The van der Waals surface area contributed by atoms with Gasteiger partial charge in [-0.25, -0.2) is 18.1 Å². The highest BCUT2D eigenvalue weighted by Crippen LogP contribution is 2.39. The summed E-state index contributed by atoms with van der Waals surface area (Å²) in [5, 5.41) is 3.48. The Bertz CT molecular complexity index is 705. The zero-order valence-corrected chi connectivity index (χ0v) is 16.1. The van der Waals surface area contributed by atoms with Gasteiger partial charge in [0.2, 0.25) is 10.0 Å². The van der Waals surface area contributed by atoms with Gasteiger partial charge in [0, 0.05) is 25.4 Å². The van der Waals surface area contributed by atoms with E-state index in [1.807, 2.05) is 0 Å². The van der Waals surface area contributed by atoms with Crippen molar-refractivity contribution in [2.24, 2.45) is 5.92 Å². The van der Waals surface area contributed by atoms with E-state index in [9.17, 15) is 8.42 Å². The highest BCUT2D eigenvalue weighted by molar-refractivity contribution is 7.89. The van der Waals surface area contributed by atoms with E-state index in [4.69, 9.17) is 4.74 Å². The average molecular weight is 380 g/mol. The van der Waals surface area contributed by atoms with Crippen molar-refractivity contribution in [3.63, 3.8) is 0 Å². The van der Waals surface area contributed by atoms with Gasteiger partial charge in [0.05, 0.1) is 5.60 Å². The Morgan fingerprint density at radius 2 is 1.96 bits per heavy atom. The minimum atomic E-state index is -3.45. The van der Waals surface area contributed by atoms with Crippen molar-refractivity contribution in [3.8, 4) is 0 Å². The number of sulfonamides is 1. The predicted molar refractivity (Wildman–Crippen MR) is 101 cm³/mol. The lowest BCUT2D eigenvalue weighted by molar-refractivity contribution is -0.103. The molecule has 2 N–H and O–H groups in total. The van der Waals surface area contributed by atoms with Crippen LogP contribution in [-0.4, -0.2) is 38.2 Å². The fraction of sp³-hybridized carbons (Fsp3) is 0.737. The van der Waals surface area contributed by atoms with Gasteiger partial charge in [0.1, 0.15) is 10.7 Å². The van der Waals surface area contributed by atoms with Crippen molar-refractivity contribution in [2.75, 3.05) is 18.5 Å². The smallest absolute Gasteiger partial charge is 0.242 e. The number of ether oxygens (including phenoxy) is 1. The van der Waals surface area contributed by atoms with Crippen molar-refractivity contribution in [1.82, 2.24) is 9.71 Å². The summed E-state index contributed by atoms with van der Waals surface area (Å²) in [5.41, 5.74) is 0.0458. The van der Waals surface area contributed by atoms with Crippen LogP contribution >= 0.6 is 0 Å². The van der Waals surface area contributed by atoms with Crippen LogP contribution in [0.5, 0.6) is 0 Å². The Balaban J connectivity index is 1.36. The van der Waals surface area contributed by atoms with Gasteiger partial charge in [0.25, 0.3) is 0 Å². The van der Waals surface area contributed by atoms with Crippen molar-refractivity contribution in [1.29, 1.82) is 0 Å². The maximum Gasteiger partial charge on any atom is 0.242 e. The first-order valence-corrected chi connectivity index (χ1v) is 11.4. The Labute approximate surface area is 156 Å². The second kappa shape index (κ2) is 7.44. The van der Waals surface area contributed by atoms with Crippen LogP contribution in [0.4, 0.5) is 5.82 Å². The zero-order valence-electron chi connectivity index (χ0n) is 15.2. The quantitative estimate of drug-likeness (QED) is 0.794. The molecule has 2 aliphatic carbocycles. The number of nitrogens with zero attached hydrogens (tertiary/aromatic N) is 1. The third-order valence-corrected chi connectivity index (χ3v) is 7.32. The SMILES string of the molecule is O=S(=O)(NCC1CC1)c1ccc(NC2CCOC3(CCCCC3)C2)nc1. The molecule has 0 radical (unpaired) electrons. The molecule has 2 heterocycles. The van der Waals surface area contributed by atoms with Gasteiger partial charge >= 0.3 is 0 Å². The first-order chi connectivity index (χ1) is 12.5. The van der Waals surface area contributed by atoms with Crippen LogP contribution < -0.4 is 10.0 Å². The lowest BCUT2D eigenvalue weighted by Crippen LogP contribution is -2.45. The molecule has 3 fully saturated rings. The molecule has 1 aliphatic heterocycles. The number of hydrogen-bond acceptors (Lipinski definition) is 5. The van der Waals surface area contributed by atoms with Gasteiger partial charge in [0.15, 0.2) is 0 Å². The van der Waals surface area contributed by atoms with Crippen LogP contribution in [0, 0.1) is 5.92 Å². The minimum absolute atomic E-state index is 0.0458. The molecule has 1 saturated heterocycles. The predicted octanol–water partition coefficient (Wildman–Crippen LogP) is 3.06. The number of nitrogens with one attached hydrogen (secondary N) is 2. The number of aromatic nitrogens is 1. The molecule has 3 aliphatic rings. The average Bonchev–Trinajstić information content (AvgIpc) is 3.46. The molecule has 144 valence electrons. The van der Waals surface area contributed by atoms with Gasteiger partial charge in [-0.1, -0.05) is 19.3 Å². The molecule has 1 atom stereocenters. The largest absolute Gasteiger partial charge is 0.375 e. The van der Waals surface area contributed by atoms with Gasteiger partial charge < -0.3 is 10.1 Å². The van der Waals surface area contributed by atoms with Crippen molar-refractivity contribution >= 4 is 15.8 Å². The van der Waals surface area contributed by atoms with Crippen LogP contribution in [0.1, 0.15) is 57.8 Å². The summed E-state index contributed by atoms with van der Waals surface area (Å²) in [6.45, 7) is 1.32. The highest BCUT2D eigenvalue weighted by Gasteiger charge is 2.38. The molecule has 6 nitrogen and oxygen atoms in total. The second-order valence-electron chi connectivity index (χ2n) is 8.10. The third-order valence-electron chi connectivity index (χ3n) is 5.92. The Morgan fingerprint density at radius 3 is 2.65 bits per heavy atom. The molecule has 1 aromatic rings. The summed E-state index contributed by atoms with van der Waals surface area (Å²) < 4.78 is 33.4. The van der Waals surface area contributed by atoms with Crippen LogP contribution in [-0.2, 0) is 14.8 Å². The number of anilines is 1. The highest BCUT2D eigenvalue weighted by atomic mass is 32.2. The van der Waals surface area contributed by atoms with Crippen molar-refractivity contribution < 1.29 is 13.2 Å². The maximum atomic E-state index is 12.3. The van der Waals surface area contributed by atoms with E-state index in [0.29, 0.717) is 18.5 Å². The first kappa shape index (κ1) is 18.2. The summed E-state index contributed by atoms with van der Waals surface area (Å²) in [7, 11) is -3.45. The third kappa shape index (κ3) is 4.38. The molecule has 7 heteroatoms. The molecule has 26 heavy (non-hydrogen) atoms. The molecule has 1 unspecified atom stereocenters. The van der Waals surface area contributed by atoms with Crippen LogP contribution in [0.15, 0.2) is 23.2 Å². The molecule has 0 amide bonds. The van der Waals surface area contributed by atoms with E-state index in [0.717, 1.165) is 50.9 Å². The zero-order chi connectivity index (χ0) is 18.0. The Kier molecular flexibility index (Phi) is 5.21. The number of hydrogen-bond donors (Lipinski definition) is 2. The topological polar surface area (TPSA) is 80.3 Å². The minimum Gasteiger partial charge on any atom is -0.375 e. The summed E-state index contributed by atoms with van der Waals surface area (Å²) >= 11 is 0. The molecule has 2 saturated carbocycles. The molecular weight excluding hydrogens is 350 g/mol. The lowest BCUT2D eigenvalue weighted by atomic mass is 9.78. The normalized spacial score (nSPS) is 25.9. The Morgan fingerprint density at radius 1 is 1.15 bits per heavy atom. The molecule has 0 aromatic carbocycles. The molecule has 1 spiro atoms. The van der Waals surface area contributed by atoms with Gasteiger partial charge in [-0.3, -0.25) is 0 Å². The van der Waals surface area contributed by atoms with E-state index in [2.05, 4.69) is 15.0 Å². The maximum absolute atomic E-state index is 12.3. The van der Waals surface area contributed by atoms with E-state index in [1.54, 1.807) is 12.1 Å². The standard InChI is InChI=1S/C19H29N3O3S/c23-26(24,21-13-15-4-5-15)17-6-7-18(20-14-17)22-16-8-11-25-19(12-16)9-2-1-3-10-19/h6-7,14-16,21H,1-5,8-13H2,(H,20,22). The fourth-order valence-electron chi connectivity index (χ4n) is 4.16. The Hall–Kier alpha value is -1.18. The summed E-state index contributed by atoms with van der Waals surface area (Å²) in [6, 6.07) is 3.75. The molecule has 1 aromatic heterocycles.